The van der Waals surface area contributed by atoms with Gasteiger partial charge in [-0.05, 0) is 50.1 Å². The molecule has 0 spiro atoms. The number of hydrogen-bond donors (Lipinski definition) is 1. The number of rotatable bonds is 5. The van der Waals surface area contributed by atoms with Gasteiger partial charge in [0.1, 0.15) is 16.2 Å². The van der Waals surface area contributed by atoms with Crippen molar-refractivity contribution in [3.05, 3.63) is 62.0 Å². The van der Waals surface area contributed by atoms with Crippen molar-refractivity contribution in [3.8, 4) is 0 Å². The number of thiophene rings is 1. The molecule has 29 heavy (non-hydrogen) atoms. The number of ether oxygens (including phenoxy) is 2. The summed E-state index contributed by atoms with van der Waals surface area (Å²) in [6, 6.07) is 6.51. The summed E-state index contributed by atoms with van der Waals surface area (Å²) < 4.78 is 9.84. The normalized spacial score (nSPS) is 11.5. The molecule has 8 heteroatoms. The molecular weight excluding hydrogens is 392 g/mol. The summed E-state index contributed by atoms with van der Waals surface area (Å²) in [6.07, 6.45) is 1.57. The van der Waals surface area contributed by atoms with Gasteiger partial charge in [0.25, 0.3) is 5.56 Å². The van der Waals surface area contributed by atoms with Crippen molar-refractivity contribution in [2.24, 2.45) is 0 Å². The third kappa shape index (κ3) is 4.12. The third-order valence-electron chi connectivity index (χ3n) is 4.43. The van der Waals surface area contributed by atoms with E-state index in [4.69, 9.17) is 4.74 Å². The Labute approximate surface area is 171 Å². The lowest BCUT2D eigenvalue weighted by atomic mass is 10.1. The molecule has 0 atom stereocenters. The standard InChI is InChI=1S/C21H20N2O5S/c1-5-28-21(26)15(10-13-6-8-14(9-7-13)20(25)27-4)17-22-18(24)16-11(2)12(3)29-19(16)23-17/h6-10H,5H2,1-4H3,(H,22,23,24). The van der Waals surface area contributed by atoms with Gasteiger partial charge in [0, 0.05) is 4.88 Å². The van der Waals surface area contributed by atoms with Crippen LogP contribution in [0.3, 0.4) is 0 Å². The topological polar surface area (TPSA) is 98.3 Å². The second-order valence-electron chi connectivity index (χ2n) is 6.27. The number of fused-ring (bicyclic) bond motifs is 1. The van der Waals surface area contributed by atoms with Gasteiger partial charge in [-0.1, -0.05) is 12.1 Å². The molecule has 3 aromatic rings. The number of carbonyl (C=O) groups is 2. The lowest BCUT2D eigenvalue weighted by Crippen LogP contribution is -2.15. The Kier molecular flexibility index (Phi) is 5.93. The fourth-order valence-corrected chi connectivity index (χ4v) is 3.84. The molecule has 0 aliphatic rings. The molecule has 7 nitrogen and oxygen atoms in total. The molecule has 2 heterocycles. The van der Waals surface area contributed by atoms with Crippen LogP contribution in [0.1, 0.15) is 39.1 Å². The molecule has 2 aromatic heterocycles. The maximum absolute atomic E-state index is 12.6. The van der Waals surface area contributed by atoms with Crippen LogP contribution in [-0.4, -0.2) is 35.6 Å². The smallest absolute Gasteiger partial charge is 0.341 e. The van der Waals surface area contributed by atoms with E-state index in [1.165, 1.54) is 18.4 Å². The zero-order valence-corrected chi connectivity index (χ0v) is 17.3. The number of methoxy groups -OCH3 is 1. The molecule has 3 rings (SSSR count). The zero-order chi connectivity index (χ0) is 21.1. The van der Waals surface area contributed by atoms with E-state index in [0.717, 1.165) is 10.4 Å². The average Bonchev–Trinajstić information content (AvgIpc) is 3.00. The van der Waals surface area contributed by atoms with Crippen LogP contribution in [0.4, 0.5) is 0 Å². The van der Waals surface area contributed by atoms with Crippen LogP contribution in [0.2, 0.25) is 0 Å². The van der Waals surface area contributed by atoms with Crippen molar-refractivity contribution in [1.82, 2.24) is 9.97 Å². The summed E-state index contributed by atoms with van der Waals surface area (Å²) in [4.78, 5) is 45.5. The van der Waals surface area contributed by atoms with E-state index < -0.39 is 11.9 Å². The monoisotopic (exact) mass is 412 g/mol. The maximum Gasteiger partial charge on any atom is 0.341 e. The largest absolute Gasteiger partial charge is 0.465 e. The first-order valence-corrected chi connectivity index (χ1v) is 9.75. The average molecular weight is 412 g/mol. The predicted molar refractivity (Wildman–Crippen MR) is 112 cm³/mol. The number of aryl methyl sites for hydroxylation is 2. The van der Waals surface area contributed by atoms with E-state index in [-0.39, 0.29) is 23.6 Å². The summed E-state index contributed by atoms with van der Waals surface area (Å²) in [5.41, 5.74) is 1.73. The molecule has 0 radical (unpaired) electrons. The first kappa shape index (κ1) is 20.5. The molecule has 0 aliphatic carbocycles. The molecule has 0 amide bonds. The Hall–Kier alpha value is -3.26. The Balaban J connectivity index is 2.12. The van der Waals surface area contributed by atoms with Crippen molar-refractivity contribution >= 4 is 45.1 Å². The molecular formula is C21H20N2O5S. The number of aromatic nitrogens is 2. The maximum atomic E-state index is 12.6. The number of hydrogen-bond acceptors (Lipinski definition) is 7. The van der Waals surface area contributed by atoms with Gasteiger partial charge in [0.2, 0.25) is 0 Å². The fraction of sp³-hybridized carbons (Fsp3) is 0.238. The number of H-pyrrole nitrogens is 1. The van der Waals surface area contributed by atoms with E-state index in [1.807, 2.05) is 13.8 Å². The van der Waals surface area contributed by atoms with Crippen LogP contribution < -0.4 is 5.56 Å². The highest BCUT2D eigenvalue weighted by Gasteiger charge is 2.19. The van der Waals surface area contributed by atoms with Gasteiger partial charge in [-0.15, -0.1) is 11.3 Å². The molecule has 0 saturated heterocycles. The van der Waals surface area contributed by atoms with Gasteiger partial charge in [-0.2, -0.15) is 0 Å². The molecule has 0 saturated carbocycles. The Morgan fingerprint density at radius 2 is 1.90 bits per heavy atom. The van der Waals surface area contributed by atoms with Crippen LogP contribution in [0.5, 0.6) is 0 Å². The summed E-state index contributed by atoms with van der Waals surface area (Å²) in [7, 11) is 1.31. The van der Waals surface area contributed by atoms with Gasteiger partial charge >= 0.3 is 11.9 Å². The Morgan fingerprint density at radius 3 is 2.52 bits per heavy atom. The van der Waals surface area contributed by atoms with Gasteiger partial charge in [0.05, 0.1) is 24.7 Å². The second-order valence-corrected chi connectivity index (χ2v) is 7.47. The molecule has 0 unspecified atom stereocenters. The lowest BCUT2D eigenvalue weighted by Gasteiger charge is -2.07. The SMILES string of the molecule is CCOC(=O)C(=Cc1ccc(C(=O)OC)cc1)c1nc2sc(C)c(C)c2c(=O)[nH]1. The number of nitrogens with one attached hydrogen (secondary N) is 1. The van der Waals surface area contributed by atoms with Crippen LogP contribution in [0.15, 0.2) is 29.1 Å². The second kappa shape index (κ2) is 8.40. The summed E-state index contributed by atoms with van der Waals surface area (Å²) >= 11 is 1.40. The van der Waals surface area contributed by atoms with Crippen molar-refractivity contribution in [2.75, 3.05) is 13.7 Å². The van der Waals surface area contributed by atoms with Gasteiger partial charge in [-0.3, -0.25) is 4.79 Å². The molecule has 1 aromatic carbocycles. The number of aromatic amines is 1. The zero-order valence-electron chi connectivity index (χ0n) is 16.5. The van der Waals surface area contributed by atoms with E-state index in [1.54, 1.807) is 37.3 Å². The van der Waals surface area contributed by atoms with Crippen LogP contribution in [0.25, 0.3) is 21.9 Å². The highest BCUT2D eigenvalue weighted by molar-refractivity contribution is 7.18. The molecule has 0 bridgehead atoms. The number of esters is 2. The molecule has 1 N–H and O–H groups in total. The summed E-state index contributed by atoms with van der Waals surface area (Å²) in [5, 5.41) is 0.530. The van der Waals surface area contributed by atoms with Gasteiger partial charge < -0.3 is 14.5 Å². The van der Waals surface area contributed by atoms with Crippen LogP contribution in [-0.2, 0) is 14.3 Å². The molecule has 150 valence electrons. The highest BCUT2D eigenvalue weighted by Crippen LogP contribution is 2.27. The van der Waals surface area contributed by atoms with Gasteiger partial charge in [0.15, 0.2) is 0 Å². The van der Waals surface area contributed by atoms with E-state index in [2.05, 4.69) is 14.7 Å². The number of nitrogens with zero attached hydrogens (tertiary/aromatic N) is 1. The molecule has 0 fully saturated rings. The fourth-order valence-electron chi connectivity index (χ4n) is 2.82. The van der Waals surface area contributed by atoms with Crippen molar-refractivity contribution in [3.63, 3.8) is 0 Å². The third-order valence-corrected chi connectivity index (χ3v) is 5.53. The lowest BCUT2D eigenvalue weighted by molar-refractivity contribution is -0.136. The van der Waals surface area contributed by atoms with Crippen molar-refractivity contribution in [2.45, 2.75) is 20.8 Å². The predicted octanol–water partition coefficient (Wildman–Crippen LogP) is 3.49. The Morgan fingerprint density at radius 1 is 1.21 bits per heavy atom. The number of benzene rings is 1. The molecule has 0 aliphatic heterocycles. The number of carbonyl (C=O) groups excluding carboxylic acids is 2. The van der Waals surface area contributed by atoms with E-state index >= 15 is 0 Å². The van der Waals surface area contributed by atoms with E-state index in [0.29, 0.717) is 21.3 Å². The van der Waals surface area contributed by atoms with Crippen molar-refractivity contribution in [1.29, 1.82) is 0 Å². The van der Waals surface area contributed by atoms with Crippen LogP contribution >= 0.6 is 11.3 Å². The Bertz CT molecular complexity index is 1170. The minimum atomic E-state index is -0.600. The minimum Gasteiger partial charge on any atom is -0.465 e. The van der Waals surface area contributed by atoms with E-state index in [9.17, 15) is 14.4 Å². The minimum absolute atomic E-state index is 0.125. The first-order valence-electron chi connectivity index (χ1n) is 8.93. The summed E-state index contributed by atoms with van der Waals surface area (Å²) in [5.74, 6) is -0.915. The quantitative estimate of drug-likeness (QED) is 0.509. The van der Waals surface area contributed by atoms with Gasteiger partial charge in [-0.25, -0.2) is 14.6 Å². The first-order chi connectivity index (χ1) is 13.8. The van der Waals surface area contributed by atoms with Crippen LogP contribution in [0, 0.1) is 13.8 Å². The van der Waals surface area contributed by atoms with Crippen molar-refractivity contribution < 1.29 is 19.1 Å². The highest BCUT2D eigenvalue weighted by atomic mass is 32.1. The summed E-state index contributed by atoms with van der Waals surface area (Å²) in [6.45, 7) is 5.68.